The maximum Gasteiger partial charge on any atom is 0.260 e. The van der Waals surface area contributed by atoms with Gasteiger partial charge < -0.3 is 4.42 Å². The lowest BCUT2D eigenvalue weighted by Crippen LogP contribution is -2.39. The number of hydrazone groups is 1. The van der Waals surface area contributed by atoms with E-state index in [0.717, 1.165) is 16.6 Å². The molecule has 1 heterocycles. The summed E-state index contributed by atoms with van der Waals surface area (Å²) < 4.78 is 43.9. The predicted molar refractivity (Wildman–Crippen MR) is 118 cm³/mol. The molecule has 31 heavy (non-hydrogen) atoms. The molecule has 3 rings (SSSR count). The van der Waals surface area contributed by atoms with E-state index in [1.165, 1.54) is 24.4 Å². The van der Waals surface area contributed by atoms with Crippen molar-refractivity contribution in [2.24, 2.45) is 5.10 Å². The Balaban J connectivity index is 1.67. The van der Waals surface area contributed by atoms with Crippen molar-refractivity contribution in [2.45, 2.75) is 0 Å². The fourth-order valence-corrected chi connectivity index (χ4v) is 3.97. The molecule has 3 aromatic rings. The summed E-state index contributed by atoms with van der Waals surface area (Å²) >= 11 is 12.0. The zero-order valence-corrected chi connectivity index (χ0v) is 18.4. The molecule has 0 spiro atoms. The Morgan fingerprint density at radius 2 is 1.97 bits per heavy atom. The second-order valence-corrected chi connectivity index (χ2v) is 9.12. The minimum atomic E-state index is -3.83. The summed E-state index contributed by atoms with van der Waals surface area (Å²) in [7, 11) is -3.83. The van der Waals surface area contributed by atoms with Gasteiger partial charge >= 0.3 is 0 Å². The molecule has 11 heteroatoms. The van der Waals surface area contributed by atoms with Crippen molar-refractivity contribution < 1.29 is 22.0 Å². The average Bonchev–Trinajstić information content (AvgIpc) is 3.13. The summed E-state index contributed by atoms with van der Waals surface area (Å²) in [4.78, 5) is 12.2. The summed E-state index contributed by atoms with van der Waals surface area (Å²) in [6.07, 6.45) is 2.17. The number of carbonyl (C=O) groups is 1. The fraction of sp³-hybridized carbons (Fsp3) is 0.100. The number of nitrogens with one attached hydrogen (secondary N) is 1. The first-order chi connectivity index (χ1) is 14.6. The summed E-state index contributed by atoms with van der Waals surface area (Å²) in [5.41, 5.74) is 2.87. The third-order valence-electron chi connectivity index (χ3n) is 3.99. The highest BCUT2D eigenvalue weighted by Gasteiger charge is 2.21. The number of hydrogen-bond donors (Lipinski definition) is 1. The highest BCUT2D eigenvalue weighted by molar-refractivity contribution is 7.92. The van der Waals surface area contributed by atoms with Gasteiger partial charge in [0.15, 0.2) is 0 Å². The number of furan rings is 1. The standard InChI is InChI=1S/C20H16Cl2FN3O4S/c1-31(28,29)26(15-4-2-3-14(23)10-15)12-20(27)25-24-11-16-6-8-19(30-16)17-7-5-13(21)9-18(17)22/h2-11H,12H2,1H3,(H,25,27)/b24-11-. The van der Waals surface area contributed by atoms with Gasteiger partial charge in [-0.25, -0.2) is 18.2 Å². The molecule has 0 radical (unpaired) electrons. The maximum atomic E-state index is 13.4. The first-order valence-corrected chi connectivity index (χ1v) is 11.3. The second-order valence-electron chi connectivity index (χ2n) is 6.37. The lowest BCUT2D eigenvalue weighted by molar-refractivity contribution is -0.119. The summed E-state index contributed by atoms with van der Waals surface area (Å²) in [5, 5.41) is 4.67. The molecule has 0 aliphatic heterocycles. The number of anilines is 1. The van der Waals surface area contributed by atoms with Crippen molar-refractivity contribution in [3.8, 4) is 11.3 Å². The zero-order valence-electron chi connectivity index (χ0n) is 16.1. The summed E-state index contributed by atoms with van der Waals surface area (Å²) in [6, 6.07) is 13.2. The highest BCUT2D eigenvalue weighted by atomic mass is 35.5. The number of amides is 1. The third kappa shape index (κ3) is 6.06. The van der Waals surface area contributed by atoms with Crippen LogP contribution in [0.1, 0.15) is 5.76 Å². The van der Waals surface area contributed by atoms with E-state index in [1.807, 2.05) is 0 Å². The minimum absolute atomic E-state index is 0.0251. The van der Waals surface area contributed by atoms with Crippen molar-refractivity contribution in [3.05, 3.63) is 76.2 Å². The topological polar surface area (TPSA) is 92.0 Å². The van der Waals surface area contributed by atoms with Crippen molar-refractivity contribution >= 4 is 51.0 Å². The van der Waals surface area contributed by atoms with Gasteiger partial charge in [-0.2, -0.15) is 5.10 Å². The number of sulfonamides is 1. The first-order valence-electron chi connectivity index (χ1n) is 8.74. The van der Waals surface area contributed by atoms with Crippen LogP contribution in [0.3, 0.4) is 0 Å². The van der Waals surface area contributed by atoms with Crippen LogP contribution in [0.15, 0.2) is 64.1 Å². The molecule has 0 unspecified atom stereocenters. The number of halogens is 3. The smallest absolute Gasteiger partial charge is 0.260 e. The van der Waals surface area contributed by atoms with Crippen LogP contribution in [-0.4, -0.2) is 33.3 Å². The number of nitrogens with zero attached hydrogens (tertiary/aromatic N) is 2. The number of carbonyl (C=O) groups excluding carboxylic acids is 1. The molecule has 1 amide bonds. The van der Waals surface area contributed by atoms with Gasteiger partial charge in [0.2, 0.25) is 10.0 Å². The Morgan fingerprint density at radius 3 is 2.65 bits per heavy atom. The van der Waals surface area contributed by atoms with Crippen molar-refractivity contribution in [2.75, 3.05) is 17.1 Å². The average molecular weight is 484 g/mol. The van der Waals surface area contributed by atoms with E-state index in [-0.39, 0.29) is 5.69 Å². The lowest BCUT2D eigenvalue weighted by atomic mass is 10.2. The maximum absolute atomic E-state index is 13.4. The van der Waals surface area contributed by atoms with Crippen molar-refractivity contribution in [1.29, 1.82) is 0 Å². The van der Waals surface area contributed by atoms with Crippen molar-refractivity contribution in [3.63, 3.8) is 0 Å². The Bertz CT molecular complexity index is 1240. The minimum Gasteiger partial charge on any atom is -0.455 e. The second kappa shape index (κ2) is 9.51. The van der Waals surface area contributed by atoms with Crippen LogP contribution in [0.25, 0.3) is 11.3 Å². The summed E-state index contributed by atoms with van der Waals surface area (Å²) in [6.45, 7) is -0.580. The summed E-state index contributed by atoms with van der Waals surface area (Å²) in [5.74, 6) is -0.548. The van der Waals surface area contributed by atoms with Crippen LogP contribution >= 0.6 is 23.2 Å². The fourth-order valence-electron chi connectivity index (χ4n) is 2.62. The molecule has 0 aliphatic rings. The normalized spacial score (nSPS) is 11.6. The molecule has 0 saturated heterocycles. The number of benzene rings is 2. The quantitative estimate of drug-likeness (QED) is 0.400. The van der Waals surface area contributed by atoms with Crippen LogP contribution < -0.4 is 9.73 Å². The van der Waals surface area contributed by atoms with Crippen LogP contribution in [-0.2, 0) is 14.8 Å². The van der Waals surface area contributed by atoms with E-state index in [9.17, 15) is 17.6 Å². The van der Waals surface area contributed by atoms with E-state index in [4.69, 9.17) is 27.6 Å². The highest BCUT2D eigenvalue weighted by Crippen LogP contribution is 2.31. The molecular formula is C20H16Cl2FN3O4S. The molecule has 0 aliphatic carbocycles. The van der Waals surface area contributed by atoms with Crippen LogP contribution in [0.4, 0.5) is 10.1 Å². The van der Waals surface area contributed by atoms with Gasteiger partial charge in [-0.05, 0) is 48.5 Å². The third-order valence-corrected chi connectivity index (χ3v) is 5.68. The van der Waals surface area contributed by atoms with Crippen molar-refractivity contribution in [1.82, 2.24) is 5.43 Å². The molecular weight excluding hydrogens is 468 g/mol. The Kier molecular flexibility index (Phi) is 6.99. The Hall–Kier alpha value is -2.88. The molecule has 7 nitrogen and oxygen atoms in total. The van der Waals surface area contributed by atoms with Gasteiger partial charge in [-0.15, -0.1) is 0 Å². The monoisotopic (exact) mass is 483 g/mol. The SMILES string of the molecule is CS(=O)(=O)N(CC(=O)N/N=C\c1ccc(-c2ccc(Cl)cc2Cl)o1)c1cccc(F)c1. The Labute approximate surface area is 188 Å². The van der Waals surface area contributed by atoms with Crippen LogP contribution in [0.2, 0.25) is 10.0 Å². The van der Waals surface area contributed by atoms with Gasteiger partial charge in [-0.1, -0.05) is 29.3 Å². The van der Waals surface area contributed by atoms with E-state index < -0.39 is 28.3 Å². The lowest BCUT2D eigenvalue weighted by Gasteiger charge is -2.21. The van der Waals surface area contributed by atoms with Crippen LogP contribution in [0.5, 0.6) is 0 Å². The van der Waals surface area contributed by atoms with E-state index in [1.54, 1.807) is 30.3 Å². The molecule has 162 valence electrons. The van der Waals surface area contributed by atoms with Gasteiger partial charge in [0.1, 0.15) is 23.9 Å². The molecule has 0 saturated carbocycles. The van der Waals surface area contributed by atoms with Gasteiger partial charge in [0.05, 0.1) is 23.2 Å². The molecule has 0 atom stereocenters. The first kappa shape index (κ1) is 22.8. The van der Waals surface area contributed by atoms with Gasteiger partial charge in [-0.3, -0.25) is 9.10 Å². The molecule has 1 N–H and O–H groups in total. The van der Waals surface area contributed by atoms with Crippen LogP contribution in [0, 0.1) is 5.82 Å². The molecule has 1 aromatic heterocycles. The Morgan fingerprint density at radius 1 is 1.19 bits per heavy atom. The molecule has 0 bridgehead atoms. The predicted octanol–water partition coefficient (Wildman–Crippen LogP) is 4.31. The largest absolute Gasteiger partial charge is 0.455 e. The number of rotatable bonds is 7. The van der Waals surface area contributed by atoms with Gasteiger partial charge in [0.25, 0.3) is 5.91 Å². The number of hydrogen-bond acceptors (Lipinski definition) is 5. The molecule has 0 fully saturated rings. The molecule has 2 aromatic carbocycles. The van der Waals surface area contributed by atoms with Gasteiger partial charge in [0, 0.05) is 10.6 Å². The zero-order chi connectivity index (χ0) is 22.6. The van der Waals surface area contributed by atoms with E-state index in [0.29, 0.717) is 27.1 Å². The van der Waals surface area contributed by atoms with E-state index >= 15 is 0 Å². The van der Waals surface area contributed by atoms with E-state index in [2.05, 4.69) is 10.5 Å².